The number of amides is 1. The summed E-state index contributed by atoms with van der Waals surface area (Å²) in [4.78, 5) is 14.4. The van der Waals surface area contributed by atoms with Crippen molar-refractivity contribution in [1.82, 2.24) is 10.3 Å². The molecule has 1 aromatic rings. The van der Waals surface area contributed by atoms with Gasteiger partial charge in [-0.2, -0.15) is 0 Å². The zero-order chi connectivity index (χ0) is 13.0. The van der Waals surface area contributed by atoms with E-state index < -0.39 is 0 Å². The van der Waals surface area contributed by atoms with Crippen molar-refractivity contribution >= 4 is 5.91 Å². The molecule has 98 valence electrons. The highest BCUT2D eigenvalue weighted by molar-refractivity contribution is 5.82. The summed E-state index contributed by atoms with van der Waals surface area (Å²) in [7, 11) is 0. The van der Waals surface area contributed by atoms with E-state index in [9.17, 15) is 4.79 Å². The van der Waals surface area contributed by atoms with Crippen LogP contribution in [0.5, 0.6) is 0 Å². The molecule has 1 aliphatic heterocycles. The predicted octanol–water partition coefficient (Wildman–Crippen LogP) is 1.59. The molecule has 2 atom stereocenters. The molecule has 1 amide bonds. The van der Waals surface area contributed by atoms with Gasteiger partial charge >= 0.3 is 0 Å². The van der Waals surface area contributed by atoms with E-state index in [1.54, 1.807) is 0 Å². The largest absolute Gasteiger partial charge is 0.293 e. The highest BCUT2D eigenvalue weighted by Gasteiger charge is 2.34. The highest BCUT2D eigenvalue weighted by Crippen LogP contribution is 2.30. The van der Waals surface area contributed by atoms with E-state index in [4.69, 9.17) is 5.84 Å². The van der Waals surface area contributed by atoms with Gasteiger partial charge in [-0.05, 0) is 31.4 Å². The normalized spacial score (nSPS) is 21.8. The van der Waals surface area contributed by atoms with E-state index in [1.165, 1.54) is 0 Å². The number of carbonyl (C=O) groups is 1. The Kier molecular flexibility index (Phi) is 4.33. The fraction of sp³-hybridized carbons (Fsp3) is 0.500. The highest BCUT2D eigenvalue weighted by atomic mass is 16.2. The van der Waals surface area contributed by atoms with E-state index in [-0.39, 0.29) is 11.9 Å². The monoisotopic (exact) mass is 247 g/mol. The van der Waals surface area contributed by atoms with Crippen LogP contribution in [0.2, 0.25) is 0 Å². The third kappa shape index (κ3) is 2.54. The standard InChI is InChI=1S/C14H21N3O/c1-2-12-9-6-10-17(12)13(14(18)16-15)11-7-4-3-5-8-11/h3-5,7-8,12-13H,2,6,9-10,15H2,1H3,(H,16,18). The molecule has 1 heterocycles. The molecule has 1 aliphatic rings. The molecule has 0 saturated carbocycles. The van der Waals surface area contributed by atoms with Crippen molar-refractivity contribution in [2.45, 2.75) is 38.3 Å². The summed E-state index contributed by atoms with van der Waals surface area (Å²) in [6, 6.07) is 10.1. The Labute approximate surface area is 108 Å². The summed E-state index contributed by atoms with van der Waals surface area (Å²) in [5.74, 6) is 5.22. The first-order chi connectivity index (χ1) is 8.77. The molecule has 18 heavy (non-hydrogen) atoms. The van der Waals surface area contributed by atoms with E-state index in [1.807, 2.05) is 30.3 Å². The number of hydrogen-bond donors (Lipinski definition) is 2. The molecule has 3 N–H and O–H groups in total. The van der Waals surface area contributed by atoms with Gasteiger partial charge in [0.2, 0.25) is 0 Å². The van der Waals surface area contributed by atoms with Gasteiger partial charge in [0.15, 0.2) is 0 Å². The van der Waals surface area contributed by atoms with Crippen molar-refractivity contribution in [2.75, 3.05) is 6.54 Å². The van der Waals surface area contributed by atoms with Crippen molar-refractivity contribution in [3.8, 4) is 0 Å². The Bertz CT molecular complexity index is 393. The van der Waals surface area contributed by atoms with Gasteiger partial charge < -0.3 is 0 Å². The number of benzene rings is 1. The third-order valence-electron chi connectivity index (χ3n) is 3.73. The maximum atomic E-state index is 12.1. The van der Waals surface area contributed by atoms with Crippen LogP contribution in [0.1, 0.15) is 37.8 Å². The van der Waals surface area contributed by atoms with Gasteiger partial charge in [0.25, 0.3) is 5.91 Å². The second-order valence-electron chi connectivity index (χ2n) is 4.76. The molecule has 1 fully saturated rings. The number of hydrazine groups is 1. The maximum Gasteiger partial charge on any atom is 0.255 e. The zero-order valence-corrected chi connectivity index (χ0v) is 10.8. The Morgan fingerprint density at radius 2 is 2.22 bits per heavy atom. The fourth-order valence-electron chi connectivity index (χ4n) is 2.84. The number of carbonyl (C=O) groups excluding carboxylic acids is 1. The van der Waals surface area contributed by atoms with Gasteiger partial charge in [0.1, 0.15) is 6.04 Å². The quantitative estimate of drug-likeness (QED) is 0.482. The summed E-state index contributed by atoms with van der Waals surface area (Å²) < 4.78 is 0. The molecule has 4 heteroatoms. The van der Waals surface area contributed by atoms with Crippen LogP contribution >= 0.6 is 0 Å². The Morgan fingerprint density at radius 1 is 1.50 bits per heavy atom. The predicted molar refractivity (Wildman–Crippen MR) is 71.5 cm³/mol. The number of nitrogens with zero attached hydrogens (tertiary/aromatic N) is 1. The third-order valence-corrected chi connectivity index (χ3v) is 3.73. The zero-order valence-electron chi connectivity index (χ0n) is 10.8. The molecule has 1 aromatic carbocycles. The fourth-order valence-corrected chi connectivity index (χ4v) is 2.84. The van der Waals surface area contributed by atoms with Crippen LogP contribution in [0, 0.1) is 0 Å². The molecule has 0 radical (unpaired) electrons. The molecule has 0 bridgehead atoms. The number of hydrogen-bond acceptors (Lipinski definition) is 3. The van der Waals surface area contributed by atoms with E-state index in [0.29, 0.717) is 6.04 Å². The number of nitrogens with two attached hydrogens (primary N) is 1. The average molecular weight is 247 g/mol. The molecular weight excluding hydrogens is 226 g/mol. The van der Waals surface area contributed by atoms with Gasteiger partial charge in [-0.15, -0.1) is 0 Å². The second-order valence-corrected chi connectivity index (χ2v) is 4.76. The van der Waals surface area contributed by atoms with Crippen LogP contribution in [0.4, 0.5) is 0 Å². The van der Waals surface area contributed by atoms with Crippen molar-refractivity contribution in [3.63, 3.8) is 0 Å². The molecule has 0 spiro atoms. The maximum absolute atomic E-state index is 12.1. The van der Waals surface area contributed by atoms with Crippen LogP contribution < -0.4 is 11.3 Å². The molecule has 0 aliphatic carbocycles. The van der Waals surface area contributed by atoms with Crippen LogP contribution in [0.3, 0.4) is 0 Å². The summed E-state index contributed by atoms with van der Waals surface area (Å²) >= 11 is 0. The van der Waals surface area contributed by atoms with E-state index in [2.05, 4.69) is 17.2 Å². The molecular formula is C14H21N3O. The lowest BCUT2D eigenvalue weighted by Gasteiger charge is -2.31. The molecule has 4 nitrogen and oxygen atoms in total. The first kappa shape index (κ1) is 13.1. The number of rotatable bonds is 4. The van der Waals surface area contributed by atoms with Crippen molar-refractivity contribution in [1.29, 1.82) is 0 Å². The van der Waals surface area contributed by atoms with Gasteiger partial charge in [-0.25, -0.2) is 5.84 Å². The van der Waals surface area contributed by atoms with Crippen LogP contribution in [-0.4, -0.2) is 23.4 Å². The molecule has 1 saturated heterocycles. The van der Waals surface area contributed by atoms with E-state index >= 15 is 0 Å². The minimum absolute atomic E-state index is 0.124. The second kappa shape index (κ2) is 5.98. The van der Waals surface area contributed by atoms with Gasteiger partial charge in [-0.1, -0.05) is 37.3 Å². The number of likely N-dealkylation sites (tertiary alicyclic amines) is 1. The summed E-state index contributed by atoms with van der Waals surface area (Å²) in [6.45, 7) is 3.14. The average Bonchev–Trinajstić information content (AvgIpc) is 2.88. The molecule has 2 rings (SSSR count). The van der Waals surface area contributed by atoms with Crippen LogP contribution in [0.25, 0.3) is 0 Å². The van der Waals surface area contributed by atoms with Crippen LogP contribution in [0.15, 0.2) is 30.3 Å². The van der Waals surface area contributed by atoms with Gasteiger partial charge in [-0.3, -0.25) is 15.1 Å². The summed E-state index contributed by atoms with van der Waals surface area (Å²) in [5, 5.41) is 0. The summed E-state index contributed by atoms with van der Waals surface area (Å²) in [5.41, 5.74) is 3.32. The topological polar surface area (TPSA) is 58.4 Å². The van der Waals surface area contributed by atoms with Gasteiger partial charge in [0, 0.05) is 6.04 Å². The lowest BCUT2D eigenvalue weighted by Crippen LogP contribution is -2.45. The summed E-state index contributed by atoms with van der Waals surface area (Å²) in [6.07, 6.45) is 3.39. The minimum atomic E-state index is -0.261. The Morgan fingerprint density at radius 3 is 2.83 bits per heavy atom. The first-order valence-corrected chi connectivity index (χ1v) is 6.59. The SMILES string of the molecule is CCC1CCCN1C(C(=O)NN)c1ccccc1. The Balaban J connectivity index is 2.28. The Hall–Kier alpha value is -1.39. The first-order valence-electron chi connectivity index (χ1n) is 6.59. The lowest BCUT2D eigenvalue weighted by atomic mass is 10.0. The van der Waals surface area contributed by atoms with Crippen molar-refractivity contribution in [3.05, 3.63) is 35.9 Å². The smallest absolute Gasteiger partial charge is 0.255 e. The lowest BCUT2D eigenvalue weighted by molar-refractivity contribution is -0.127. The number of nitrogens with one attached hydrogen (secondary N) is 1. The molecule has 0 aromatic heterocycles. The van der Waals surface area contributed by atoms with Crippen molar-refractivity contribution in [2.24, 2.45) is 5.84 Å². The van der Waals surface area contributed by atoms with Gasteiger partial charge in [0.05, 0.1) is 0 Å². The van der Waals surface area contributed by atoms with Crippen LogP contribution in [-0.2, 0) is 4.79 Å². The van der Waals surface area contributed by atoms with Crippen molar-refractivity contribution < 1.29 is 4.79 Å². The molecule has 2 unspecified atom stereocenters. The van der Waals surface area contributed by atoms with E-state index in [0.717, 1.165) is 31.4 Å². The minimum Gasteiger partial charge on any atom is -0.293 e.